The Balaban J connectivity index is 2.50. The van der Waals surface area contributed by atoms with Crippen molar-refractivity contribution in [3.63, 3.8) is 0 Å². The van der Waals surface area contributed by atoms with Crippen LogP contribution < -0.4 is 11.3 Å². The van der Waals surface area contributed by atoms with E-state index in [1.807, 2.05) is 12.4 Å². The van der Waals surface area contributed by atoms with Crippen molar-refractivity contribution >= 4 is 0 Å². The number of aryl methyl sites for hydroxylation is 1. The Bertz CT molecular complexity index is 274. The summed E-state index contributed by atoms with van der Waals surface area (Å²) in [6.07, 6.45) is 5.53. The van der Waals surface area contributed by atoms with Gasteiger partial charge in [0.1, 0.15) is 5.82 Å². The fourth-order valence-corrected chi connectivity index (χ4v) is 1.54. The van der Waals surface area contributed by atoms with Gasteiger partial charge in [0.2, 0.25) is 0 Å². The molecule has 0 aliphatic carbocycles. The lowest BCUT2D eigenvalue weighted by Crippen LogP contribution is -2.38. The molecular formula is C10H20N4O. The SMILES string of the molecule is CCn1ccnc1CC(CCOC)NN. The van der Waals surface area contributed by atoms with Gasteiger partial charge < -0.3 is 9.30 Å². The monoisotopic (exact) mass is 212 g/mol. The highest BCUT2D eigenvalue weighted by molar-refractivity contribution is 4.95. The predicted octanol–water partition coefficient (Wildman–Crippen LogP) is 0.314. The van der Waals surface area contributed by atoms with E-state index in [0.717, 1.165) is 25.2 Å². The number of ether oxygens (including phenoxy) is 1. The highest BCUT2D eigenvalue weighted by Crippen LogP contribution is 2.04. The predicted molar refractivity (Wildman–Crippen MR) is 59.2 cm³/mol. The van der Waals surface area contributed by atoms with Crippen LogP contribution in [-0.2, 0) is 17.7 Å². The van der Waals surface area contributed by atoms with Gasteiger partial charge in [-0.2, -0.15) is 0 Å². The van der Waals surface area contributed by atoms with E-state index in [1.165, 1.54) is 0 Å². The average molecular weight is 212 g/mol. The number of nitrogens with one attached hydrogen (secondary N) is 1. The molecule has 1 heterocycles. The van der Waals surface area contributed by atoms with Gasteiger partial charge in [-0.25, -0.2) is 4.98 Å². The highest BCUT2D eigenvalue weighted by atomic mass is 16.5. The van der Waals surface area contributed by atoms with Crippen molar-refractivity contribution in [3.05, 3.63) is 18.2 Å². The number of aromatic nitrogens is 2. The number of methoxy groups -OCH3 is 1. The Morgan fingerprint density at radius 3 is 3.07 bits per heavy atom. The van der Waals surface area contributed by atoms with Crippen LogP contribution in [-0.4, -0.2) is 29.3 Å². The molecule has 0 saturated heterocycles. The number of rotatable bonds is 7. The van der Waals surface area contributed by atoms with Crippen LogP contribution in [0.5, 0.6) is 0 Å². The second kappa shape index (κ2) is 6.55. The van der Waals surface area contributed by atoms with E-state index in [4.69, 9.17) is 10.6 Å². The van der Waals surface area contributed by atoms with Gasteiger partial charge in [0.15, 0.2) is 0 Å². The molecule has 5 heteroatoms. The standard InChI is InChI=1S/C10H20N4O/c1-3-14-6-5-12-10(14)8-9(13-11)4-7-15-2/h5-6,9,13H,3-4,7-8,11H2,1-2H3. The number of nitrogens with two attached hydrogens (primary N) is 1. The van der Waals surface area contributed by atoms with Gasteiger partial charge in [0.05, 0.1) is 0 Å². The van der Waals surface area contributed by atoms with E-state index in [-0.39, 0.29) is 6.04 Å². The molecule has 1 aromatic rings. The molecule has 86 valence electrons. The maximum Gasteiger partial charge on any atom is 0.110 e. The number of nitrogens with zero attached hydrogens (tertiary/aromatic N) is 2. The van der Waals surface area contributed by atoms with Crippen molar-refractivity contribution in [2.45, 2.75) is 32.4 Å². The van der Waals surface area contributed by atoms with Gasteiger partial charge in [-0.05, 0) is 13.3 Å². The number of hydrogen-bond donors (Lipinski definition) is 2. The molecule has 0 aliphatic heterocycles. The summed E-state index contributed by atoms with van der Waals surface area (Å²) >= 11 is 0. The van der Waals surface area contributed by atoms with Crippen LogP contribution in [0.2, 0.25) is 0 Å². The minimum absolute atomic E-state index is 0.220. The Labute approximate surface area is 90.6 Å². The lowest BCUT2D eigenvalue weighted by Gasteiger charge is -2.15. The maximum absolute atomic E-state index is 5.48. The van der Waals surface area contributed by atoms with Gasteiger partial charge >= 0.3 is 0 Å². The number of imidazole rings is 1. The van der Waals surface area contributed by atoms with Crippen LogP contribution in [0.15, 0.2) is 12.4 Å². The van der Waals surface area contributed by atoms with Crippen LogP contribution in [0.25, 0.3) is 0 Å². The molecule has 0 saturated carbocycles. The molecule has 0 radical (unpaired) electrons. The van der Waals surface area contributed by atoms with Crippen LogP contribution in [0, 0.1) is 0 Å². The Hall–Kier alpha value is -0.910. The van der Waals surface area contributed by atoms with Gasteiger partial charge in [-0.15, -0.1) is 0 Å². The topological polar surface area (TPSA) is 65.1 Å². The van der Waals surface area contributed by atoms with Crippen LogP contribution in [0.4, 0.5) is 0 Å². The third kappa shape index (κ3) is 3.62. The van der Waals surface area contributed by atoms with E-state index >= 15 is 0 Å². The van der Waals surface area contributed by atoms with E-state index in [1.54, 1.807) is 7.11 Å². The maximum atomic E-state index is 5.48. The molecule has 5 nitrogen and oxygen atoms in total. The van der Waals surface area contributed by atoms with E-state index < -0.39 is 0 Å². The first-order chi connectivity index (χ1) is 7.31. The third-order valence-corrected chi connectivity index (χ3v) is 2.48. The zero-order valence-electron chi connectivity index (χ0n) is 9.44. The third-order valence-electron chi connectivity index (χ3n) is 2.48. The van der Waals surface area contributed by atoms with Crippen molar-refractivity contribution in [3.8, 4) is 0 Å². The summed E-state index contributed by atoms with van der Waals surface area (Å²) in [4.78, 5) is 4.31. The Morgan fingerprint density at radius 2 is 2.47 bits per heavy atom. The molecule has 0 aliphatic rings. The van der Waals surface area contributed by atoms with Crippen molar-refractivity contribution in [2.24, 2.45) is 5.84 Å². The van der Waals surface area contributed by atoms with Crippen LogP contribution in [0.1, 0.15) is 19.2 Å². The summed E-state index contributed by atoms with van der Waals surface area (Å²) < 4.78 is 7.15. The highest BCUT2D eigenvalue weighted by Gasteiger charge is 2.10. The molecule has 15 heavy (non-hydrogen) atoms. The van der Waals surface area contributed by atoms with Crippen molar-refractivity contribution < 1.29 is 4.74 Å². The second-order valence-electron chi connectivity index (χ2n) is 3.48. The first-order valence-electron chi connectivity index (χ1n) is 5.26. The molecule has 0 aromatic carbocycles. The van der Waals surface area contributed by atoms with Gasteiger partial charge in [0.25, 0.3) is 0 Å². The molecule has 3 N–H and O–H groups in total. The summed E-state index contributed by atoms with van der Waals surface area (Å²) in [5, 5.41) is 0. The van der Waals surface area contributed by atoms with Crippen LogP contribution in [0.3, 0.4) is 0 Å². The molecule has 1 aromatic heterocycles. The summed E-state index contributed by atoms with van der Waals surface area (Å²) in [6, 6.07) is 0.220. The Kier molecular flexibility index (Phi) is 5.31. The average Bonchev–Trinajstić information content (AvgIpc) is 2.71. The lowest BCUT2D eigenvalue weighted by atomic mass is 10.1. The quantitative estimate of drug-likeness (QED) is 0.504. The molecule has 0 bridgehead atoms. The molecule has 0 spiro atoms. The molecule has 0 amide bonds. The van der Waals surface area contributed by atoms with Crippen molar-refractivity contribution in [1.29, 1.82) is 0 Å². The fourth-order valence-electron chi connectivity index (χ4n) is 1.54. The molecule has 1 unspecified atom stereocenters. The fraction of sp³-hybridized carbons (Fsp3) is 0.700. The first kappa shape index (κ1) is 12.2. The van der Waals surface area contributed by atoms with Gasteiger partial charge in [-0.1, -0.05) is 0 Å². The van der Waals surface area contributed by atoms with Crippen molar-refractivity contribution in [1.82, 2.24) is 15.0 Å². The summed E-state index contributed by atoms with van der Waals surface area (Å²) in [5.74, 6) is 6.55. The van der Waals surface area contributed by atoms with E-state index in [0.29, 0.717) is 6.61 Å². The normalized spacial score (nSPS) is 13.0. The van der Waals surface area contributed by atoms with Crippen molar-refractivity contribution in [2.75, 3.05) is 13.7 Å². The smallest absolute Gasteiger partial charge is 0.110 e. The lowest BCUT2D eigenvalue weighted by molar-refractivity contribution is 0.182. The summed E-state index contributed by atoms with van der Waals surface area (Å²) in [6.45, 7) is 3.75. The summed E-state index contributed by atoms with van der Waals surface area (Å²) in [5.41, 5.74) is 2.79. The van der Waals surface area contributed by atoms with Crippen LogP contribution >= 0.6 is 0 Å². The molecule has 1 rings (SSSR count). The molecular weight excluding hydrogens is 192 g/mol. The van der Waals surface area contributed by atoms with E-state index in [2.05, 4.69) is 21.9 Å². The zero-order valence-corrected chi connectivity index (χ0v) is 9.44. The van der Waals surface area contributed by atoms with Gasteiger partial charge in [-0.3, -0.25) is 11.3 Å². The molecule has 0 fully saturated rings. The second-order valence-corrected chi connectivity index (χ2v) is 3.48. The summed E-state index contributed by atoms with van der Waals surface area (Å²) in [7, 11) is 1.70. The van der Waals surface area contributed by atoms with Gasteiger partial charge in [0, 0.05) is 45.1 Å². The van der Waals surface area contributed by atoms with E-state index in [9.17, 15) is 0 Å². The number of hydrogen-bond acceptors (Lipinski definition) is 4. The minimum Gasteiger partial charge on any atom is -0.385 e. The number of hydrazine groups is 1. The largest absolute Gasteiger partial charge is 0.385 e. The Morgan fingerprint density at radius 1 is 1.67 bits per heavy atom. The minimum atomic E-state index is 0.220. The zero-order chi connectivity index (χ0) is 11.1. The first-order valence-corrected chi connectivity index (χ1v) is 5.26. The molecule has 1 atom stereocenters.